The van der Waals surface area contributed by atoms with Crippen LogP contribution in [-0.4, -0.2) is 46.5 Å². The number of aromatic nitrogens is 2. The molecule has 2 aliphatic heterocycles. The molecule has 0 radical (unpaired) electrons. The van der Waals surface area contributed by atoms with Gasteiger partial charge in [0.2, 0.25) is 0 Å². The largest absolute Gasteiger partial charge is 0.356 e. The maximum atomic E-state index is 12.9. The van der Waals surface area contributed by atoms with Gasteiger partial charge in [0, 0.05) is 31.7 Å². The highest BCUT2D eigenvalue weighted by Gasteiger charge is 2.27. The SMILES string of the molecule is CCC1CCCCN1C(=O)c1cc(N2CCCC(C)C2)ncn1. The van der Waals surface area contributed by atoms with Gasteiger partial charge < -0.3 is 9.80 Å². The molecule has 2 fully saturated rings. The van der Waals surface area contributed by atoms with E-state index in [2.05, 4.69) is 28.7 Å². The summed E-state index contributed by atoms with van der Waals surface area (Å²) in [5, 5.41) is 0. The zero-order valence-electron chi connectivity index (χ0n) is 14.4. The third-order valence-corrected chi connectivity index (χ3v) is 5.21. The Balaban J connectivity index is 1.77. The lowest BCUT2D eigenvalue weighted by molar-refractivity contribution is 0.0602. The van der Waals surface area contributed by atoms with Crippen molar-refractivity contribution in [2.45, 2.75) is 58.4 Å². The number of piperidine rings is 2. The molecule has 3 heterocycles. The molecule has 0 spiro atoms. The fourth-order valence-corrected chi connectivity index (χ4v) is 3.87. The number of likely N-dealkylation sites (tertiary alicyclic amines) is 1. The van der Waals surface area contributed by atoms with Gasteiger partial charge in [0.05, 0.1) is 0 Å². The maximum Gasteiger partial charge on any atom is 0.272 e. The van der Waals surface area contributed by atoms with Gasteiger partial charge >= 0.3 is 0 Å². The van der Waals surface area contributed by atoms with Crippen LogP contribution in [-0.2, 0) is 0 Å². The van der Waals surface area contributed by atoms with Crippen LogP contribution in [0.2, 0.25) is 0 Å². The second kappa shape index (κ2) is 7.28. The van der Waals surface area contributed by atoms with E-state index in [-0.39, 0.29) is 5.91 Å². The first kappa shape index (κ1) is 16.2. The van der Waals surface area contributed by atoms with Crippen LogP contribution in [0.15, 0.2) is 12.4 Å². The molecule has 0 bridgehead atoms. The quantitative estimate of drug-likeness (QED) is 0.859. The summed E-state index contributed by atoms with van der Waals surface area (Å²) in [4.78, 5) is 25.9. The van der Waals surface area contributed by atoms with Crippen molar-refractivity contribution in [1.82, 2.24) is 14.9 Å². The normalized spacial score (nSPS) is 25.5. The third-order valence-electron chi connectivity index (χ3n) is 5.21. The topological polar surface area (TPSA) is 49.3 Å². The van der Waals surface area contributed by atoms with E-state index in [1.54, 1.807) is 6.33 Å². The lowest BCUT2D eigenvalue weighted by Gasteiger charge is -2.35. The van der Waals surface area contributed by atoms with E-state index in [0.29, 0.717) is 17.7 Å². The Bertz CT molecular complexity index is 548. The zero-order valence-corrected chi connectivity index (χ0v) is 14.4. The summed E-state index contributed by atoms with van der Waals surface area (Å²) in [5.74, 6) is 1.66. The second-order valence-electron chi connectivity index (χ2n) is 7.01. The van der Waals surface area contributed by atoms with Crippen molar-refractivity contribution < 1.29 is 4.79 Å². The Morgan fingerprint density at radius 1 is 1.22 bits per heavy atom. The fraction of sp³-hybridized carbons (Fsp3) is 0.722. The summed E-state index contributed by atoms with van der Waals surface area (Å²) < 4.78 is 0. The predicted molar refractivity (Wildman–Crippen MR) is 91.6 cm³/mol. The molecular formula is C18H28N4O. The van der Waals surface area contributed by atoms with Crippen LogP contribution in [0.5, 0.6) is 0 Å². The van der Waals surface area contributed by atoms with Crippen LogP contribution in [0, 0.1) is 5.92 Å². The number of amides is 1. The van der Waals surface area contributed by atoms with Crippen molar-refractivity contribution in [1.29, 1.82) is 0 Å². The molecule has 0 N–H and O–H groups in total. The highest BCUT2D eigenvalue weighted by Crippen LogP contribution is 2.24. The van der Waals surface area contributed by atoms with Crippen LogP contribution in [0.4, 0.5) is 5.82 Å². The van der Waals surface area contributed by atoms with E-state index in [9.17, 15) is 4.79 Å². The van der Waals surface area contributed by atoms with Crippen LogP contribution >= 0.6 is 0 Å². The molecule has 1 aromatic rings. The van der Waals surface area contributed by atoms with E-state index >= 15 is 0 Å². The first-order valence-electron chi connectivity index (χ1n) is 9.07. The predicted octanol–water partition coefficient (Wildman–Crippen LogP) is 3.12. The number of carbonyl (C=O) groups is 1. The fourth-order valence-electron chi connectivity index (χ4n) is 3.87. The average Bonchev–Trinajstić information content (AvgIpc) is 2.61. The Hall–Kier alpha value is -1.65. The maximum absolute atomic E-state index is 12.9. The van der Waals surface area contributed by atoms with Crippen molar-refractivity contribution in [2.75, 3.05) is 24.5 Å². The molecule has 0 aliphatic carbocycles. The molecule has 1 aromatic heterocycles. The van der Waals surface area contributed by atoms with Crippen LogP contribution in [0.25, 0.3) is 0 Å². The molecule has 0 saturated carbocycles. The molecule has 1 amide bonds. The monoisotopic (exact) mass is 316 g/mol. The molecular weight excluding hydrogens is 288 g/mol. The molecule has 2 saturated heterocycles. The summed E-state index contributed by atoms with van der Waals surface area (Å²) in [6.07, 6.45) is 8.48. The van der Waals surface area contributed by atoms with E-state index in [4.69, 9.17) is 0 Å². The first-order chi connectivity index (χ1) is 11.2. The minimum Gasteiger partial charge on any atom is -0.356 e. The Morgan fingerprint density at radius 3 is 2.87 bits per heavy atom. The number of carbonyl (C=O) groups excluding carboxylic acids is 1. The lowest BCUT2D eigenvalue weighted by Crippen LogP contribution is -2.43. The first-order valence-corrected chi connectivity index (χ1v) is 9.07. The molecule has 23 heavy (non-hydrogen) atoms. The van der Waals surface area contributed by atoms with E-state index in [1.165, 1.54) is 19.3 Å². The summed E-state index contributed by atoms with van der Waals surface area (Å²) in [6, 6.07) is 2.26. The molecule has 5 nitrogen and oxygen atoms in total. The number of hydrogen-bond donors (Lipinski definition) is 0. The van der Waals surface area contributed by atoms with Crippen LogP contribution < -0.4 is 4.90 Å². The number of rotatable bonds is 3. The zero-order chi connectivity index (χ0) is 16.2. The van der Waals surface area contributed by atoms with Crippen molar-refractivity contribution in [2.24, 2.45) is 5.92 Å². The minimum atomic E-state index is 0.0743. The smallest absolute Gasteiger partial charge is 0.272 e. The highest BCUT2D eigenvalue weighted by molar-refractivity contribution is 5.93. The standard InChI is InChI=1S/C18H28N4O/c1-3-15-8-4-5-10-22(15)18(23)16-11-17(20-13-19-16)21-9-6-7-14(2)12-21/h11,13-15H,3-10,12H2,1-2H3. The van der Waals surface area contributed by atoms with Gasteiger partial charge in [-0.3, -0.25) is 4.79 Å². The minimum absolute atomic E-state index is 0.0743. The molecule has 0 aromatic carbocycles. The molecule has 2 unspecified atom stereocenters. The van der Waals surface area contributed by atoms with Crippen LogP contribution in [0.3, 0.4) is 0 Å². The van der Waals surface area contributed by atoms with Gasteiger partial charge in [-0.25, -0.2) is 9.97 Å². The van der Waals surface area contributed by atoms with Crippen molar-refractivity contribution in [3.63, 3.8) is 0 Å². The molecule has 5 heteroatoms. The van der Waals surface area contributed by atoms with Gasteiger partial charge in [-0.1, -0.05) is 13.8 Å². The summed E-state index contributed by atoms with van der Waals surface area (Å²) in [5.41, 5.74) is 0.550. The van der Waals surface area contributed by atoms with E-state index in [0.717, 1.165) is 44.7 Å². The second-order valence-corrected chi connectivity index (χ2v) is 7.01. The van der Waals surface area contributed by atoms with Gasteiger partial charge in [0.1, 0.15) is 17.8 Å². The highest BCUT2D eigenvalue weighted by atomic mass is 16.2. The summed E-state index contributed by atoms with van der Waals surface area (Å²) in [6.45, 7) is 7.34. The summed E-state index contributed by atoms with van der Waals surface area (Å²) in [7, 11) is 0. The van der Waals surface area contributed by atoms with Gasteiger partial charge in [0.25, 0.3) is 5.91 Å². The van der Waals surface area contributed by atoms with Gasteiger partial charge in [-0.05, 0) is 44.4 Å². The summed E-state index contributed by atoms with van der Waals surface area (Å²) >= 11 is 0. The Morgan fingerprint density at radius 2 is 2.09 bits per heavy atom. The van der Waals surface area contributed by atoms with Crippen LogP contribution in [0.1, 0.15) is 62.9 Å². The van der Waals surface area contributed by atoms with Crippen molar-refractivity contribution in [3.05, 3.63) is 18.1 Å². The Labute approximate surface area is 139 Å². The number of anilines is 1. The van der Waals surface area contributed by atoms with Gasteiger partial charge in [-0.15, -0.1) is 0 Å². The van der Waals surface area contributed by atoms with Crippen molar-refractivity contribution >= 4 is 11.7 Å². The average molecular weight is 316 g/mol. The van der Waals surface area contributed by atoms with E-state index in [1.807, 2.05) is 11.0 Å². The number of nitrogens with zero attached hydrogens (tertiary/aromatic N) is 4. The van der Waals surface area contributed by atoms with Gasteiger partial charge in [-0.2, -0.15) is 0 Å². The van der Waals surface area contributed by atoms with Gasteiger partial charge in [0.15, 0.2) is 0 Å². The molecule has 2 aliphatic rings. The lowest BCUT2D eigenvalue weighted by atomic mass is 9.99. The number of hydrogen-bond acceptors (Lipinski definition) is 4. The molecule has 3 rings (SSSR count). The molecule has 126 valence electrons. The molecule has 2 atom stereocenters. The Kier molecular flexibility index (Phi) is 5.13. The van der Waals surface area contributed by atoms with Crippen molar-refractivity contribution in [3.8, 4) is 0 Å². The third kappa shape index (κ3) is 3.65. The van der Waals surface area contributed by atoms with E-state index < -0.39 is 0 Å².